The van der Waals surface area contributed by atoms with Crippen LogP contribution in [-0.2, 0) is 16.0 Å². The Bertz CT molecular complexity index is 947. The van der Waals surface area contributed by atoms with Crippen LogP contribution < -0.4 is 0 Å². The largest absolute Gasteiger partial charge is 0.469 e. The number of nitrogens with zero attached hydrogens (tertiary/aromatic N) is 1. The monoisotopic (exact) mass is 342 g/mol. The molecule has 5 nitrogen and oxygen atoms in total. The maximum atomic E-state index is 12.9. The lowest BCUT2D eigenvalue weighted by Gasteiger charge is -2.04. The third-order valence-corrected chi connectivity index (χ3v) is 4.00. The van der Waals surface area contributed by atoms with E-state index in [2.05, 4.69) is 9.97 Å². The van der Waals surface area contributed by atoms with Gasteiger partial charge in [0, 0.05) is 27.2 Å². The lowest BCUT2D eigenvalue weighted by atomic mass is 10.0. The molecule has 0 amide bonds. The van der Waals surface area contributed by atoms with Gasteiger partial charge >= 0.3 is 5.97 Å². The molecule has 0 spiro atoms. The molecule has 0 fully saturated rings. The number of benzene rings is 1. The Labute approximate surface area is 143 Å². The number of fused-ring (bicyclic) bond motifs is 1. The second-order valence-electron chi connectivity index (χ2n) is 5.41. The number of halogens is 1. The van der Waals surface area contributed by atoms with Crippen molar-refractivity contribution in [3.63, 3.8) is 0 Å². The highest BCUT2D eigenvalue weighted by Crippen LogP contribution is 2.27. The van der Waals surface area contributed by atoms with Crippen LogP contribution >= 0.6 is 11.6 Å². The van der Waals surface area contributed by atoms with Crippen molar-refractivity contribution < 1.29 is 14.3 Å². The van der Waals surface area contributed by atoms with Crippen LogP contribution in [-0.4, -0.2) is 28.8 Å². The second-order valence-corrected chi connectivity index (χ2v) is 5.85. The van der Waals surface area contributed by atoms with Crippen molar-refractivity contribution in [2.24, 2.45) is 0 Å². The lowest BCUT2D eigenvalue weighted by Crippen LogP contribution is -2.11. The number of hydrogen-bond donors (Lipinski definition) is 1. The highest BCUT2D eigenvalue weighted by Gasteiger charge is 2.22. The van der Waals surface area contributed by atoms with Gasteiger partial charge in [-0.15, -0.1) is 0 Å². The van der Waals surface area contributed by atoms with E-state index in [9.17, 15) is 9.59 Å². The zero-order chi connectivity index (χ0) is 17.3. The van der Waals surface area contributed by atoms with Crippen molar-refractivity contribution in [3.05, 3.63) is 64.1 Å². The smallest absolute Gasteiger partial charge is 0.310 e. The van der Waals surface area contributed by atoms with Gasteiger partial charge in [0.25, 0.3) is 0 Å². The fraction of sp³-hybridized carbons (Fsp3) is 0.167. The van der Waals surface area contributed by atoms with Crippen molar-refractivity contribution in [2.45, 2.75) is 13.3 Å². The first kappa shape index (κ1) is 16.2. The van der Waals surface area contributed by atoms with Crippen molar-refractivity contribution in [1.82, 2.24) is 9.97 Å². The van der Waals surface area contributed by atoms with Crippen LogP contribution in [0.3, 0.4) is 0 Å². The average molecular weight is 343 g/mol. The summed E-state index contributed by atoms with van der Waals surface area (Å²) in [7, 11) is 1.32. The maximum absolute atomic E-state index is 12.9. The number of H-pyrrole nitrogens is 1. The normalized spacial score (nSPS) is 10.8. The van der Waals surface area contributed by atoms with Crippen LogP contribution in [0.5, 0.6) is 0 Å². The summed E-state index contributed by atoms with van der Waals surface area (Å²) in [4.78, 5) is 32.0. The van der Waals surface area contributed by atoms with Crippen LogP contribution in [0.4, 0.5) is 0 Å². The van der Waals surface area contributed by atoms with Gasteiger partial charge in [-0.2, -0.15) is 0 Å². The molecule has 0 aliphatic heterocycles. The highest BCUT2D eigenvalue weighted by atomic mass is 35.5. The summed E-state index contributed by atoms with van der Waals surface area (Å²) in [5.74, 6) is -0.693. The zero-order valence-corrected chi connectivity index (χ0v) is 14.0. The Balaban J connectivity index is 2.16. The van der Waals surface area contributed by atoms with Crippen LogP contribution in [0.2, 0.25) is 5.02 Å². The summed E-state index contributed by atoms with van der Waals surface area (Å²) in [6.07, 6.45) is -0.00891. The first-order valence-corrected chi connectivity index (χ1v) is 7.72. The molecule has 0 bridgehead atoms. The molecule has 6 heteroatoms. The first-order valence-electron chi connectivity index (χ1n) is 7.35. The molecule has 2 aromatic heterocycles. The van der Waals surface area contributed by atoms with Gasteiger partial charge < -0.3 is 9.72 Å². The molecular formula is C18H15ClN2O3. The van der Waals surface area contributed by atoms with E-state index in [0.29, 0.717) is 27.5 Å². The van der Waals surface area contributed by atoms with Gasteiger partial charge in [-0.25, -0.2) is 4.98 Å². The van der Waals surface area contributed by atoms with E-state index in [1.807, 2.05) is 13.0 Å². The molecule has 1 aromatic carbocycles. The Morgan fingerprint density at radius 1 is 1.25 bits per heavy atom. The van der Waals surface area contributed by atoms with Crippen molar-refractivity contribution in [3.8, 4) is 0 Å². The van der Waals surface area contributed by atoms with Crippen molar-refractivity contribution in [1.29, 1.82) is 0 Å². The summed E-state index contributed by atoms with van der Waals surface area (Å²) in [5.41, 5.74) is 2.67. The third kappa shape index (κ3) is 3.03. The number of aromatic nitrogens is 2. The van der Waals surface area contributed by atoms with E-state index in [4.69, 9.17) is 16.3 Å². The standard InChI is InChI=1S/C18H15ClN2O3/c1-10-4-3-5-14(20-10)18(23)17-13(9-16(22)24-2)12-7-6-11(19)8-15(12)21-17/h3-8,21H,9H2,1-2H3. The fourth-order valence-corrected chi connectivity index (χ4v) is 2.79. The number of methoxy groups -OCH3 is 1. The lowest BCUT2D eigenvalue weighted by molar-refractivity contribution is -0.139. The number of carbonyl (C=O) groups excluding carboxylic acids is 2. The molecule has 3 rings (SSSR count). The number of rotatable bonds is 4. The Morgan fingerprint density at radius 2 is 2.04 bits per heavy atom. The Hall–Kier alpha value is -2.66. The number of ether oxygens (including phenoxy) is 1. The fourth-order valence-electron chi connectivity index (χ4n) is 2.62. The number of aryl methyl sites for hydroxylation is 1. The highest BCUT2D eigenvalue weighted by molar-refractivity contribution is 6.31. The number of pyridine rings is 1. The van der Waals surface area contributed by atoms with Gasteiger partial charge in [0.2, 0.25) is 5.78 Å². The quantitative estimate of drug-likeness (QED) is 0.582. The van der Waals surface area contributed by atoms with E-state index in [-0.39, 0.29) is 12.2 Å². The zero-order valence-electron chi connectivity index (χ0n) is 13.2. The third-order valence-electron chi connectivity index (χ3n) is 3.76. The molecule has 122 valence electrons. The minimum atomic E-state index is -0.419. The summed E-state index contributed by atoms with van der Waals surface area (Å²) in [5, 5.41) is 1.31. The molecule has 1 N–H and O–H groups in total. The van der Waals surface area contributed by atoms with Gasteiger partial charge in [-0.1, -0.05) is 23.7 Å². The Kier molecular flexibility index (Phi) is 4.36. The topological polar surface area (TPSA) is 72.1 Å². The van der Waals surface area contributed by atoms with Gasteiger partial charge in [0.1, 0.15) is 5.69 Å². The molecule has 0 radical (unpaired) electrons. The van der Waals surface area contributed by atoms with Crippen LogP contribution in [0.1, 0.15) is 27.4 Å². The van der Waals surface area contributed by atoms with Crippen LogP contribution in [0, 0.1) is 6.92 Å². The molecule has 0 aliphatic rings. The maximum Gasteiger partial charge on any atom is 0.310 e. The van der Waals surface area contributed by atoms with E-state index < -0.39 is 5.97 Å². The van der Waals surface area contributed by atoms with E-state index in [0.717, 1.165) is 11.1 Å². The molecule has 0 unspecified atom stereocenters. The summed E-state index contributed by atoms with van der Waals surface area (Å²) < 4.78 is 4.75. The van der Waals surface area contributed by atoms with E-state index in [1.165, 1.54) is 7.11 Å². The SMILES string of the molecule is COC(=O)Cc1c(C(=O)c2cccc(C)n2)[nH]c2cc(Cl)ccc12. The number of ketones is 1. The molecule has 0 saturated heterocycles. The van der Waals surface area contributed by atoms with Gasteiger partial charge in [0.05, 0.1) is 19.2 Å². The van der Waals surface area contributed by atoms with Crippen molar-refractivity contribution in [2.75, 3.05) is 7.11 Å². The van der Waals surface area contributed by atoms with Gasteiger partial charge in [0.15, 0.2) is 0 Å². The summed E-state index contributed by atoms with van der Waals surface area (Å²) in [6.45, 7) is 1.82. The van der Waals surface area contributed by atoms with Gasteiger partial charge in [-0.05, 0) is 31.2 Å². The van der Waals surface area contributed by atoms with Gasteiger partial charge in [-0.3, -0.25) is 9.59 Å². The summed E-state index contributed by atoms with van der Waals surface area (Å²) >= 11 is 6.02. The molecule has 0 aliphatic carbocycles. The number of aromatic amines is 1. The molecule has 3 aromatic rings. The minimum absolute atomic E-state index is 0.00891. The number of hydrogen-bond acceptors (Lipinski definition) is 4. The first-order chi connectivity index (χ1) is 11.5. The molecule has 2 heterocycles. The minimum Gasteiger partial charge on any atom is -0.469 e. The predicted octanol–water partition coefficient (Wildman–Crippen LogP) is 3.47. The van der Waals surface area contributed by atoms with Crippen molar-refractivity contribution >= 4 is 34.3 Å². The molecular weight excluding hydrogens is 328 g/mol. The van der Waals surface area contributed by atoms with E-state index in [1.54, 1.807) is 30.3 Å². The number of nitrogens with one attached hydrogen (secondary N) is 1. The van der Waals surface area contributed by atoms with Crippen LogP contribution in [0.25, 0.3) is 10.9 Å². The molecule has 0 atom stereocenters. The van der Waals surface area contributed by atoms with E-state index >= 15 is 0 Å². The molecule has 24 heavy (non-hydrogen) atoms. The Morgan fingerprint density at radius 3 is 2.75 bits per heavy atom. The van der Waals surface area contributed by atoms with Crippen LogP contribution in [0.15, 0.2) is 36.4 Å². The number of esters is 1. The average Bonchev–Trinajstić information content (AvgIpc) is 2.91. The predicted molar refractivity (Wildman–Crippen MR) is 91.4 cm³/mol. The molecule has 0 saturated carbocycles. The second kappa shape index (κ2) is 6.45. The number of carbonyl (C=O) groups is 2. The summed E-state index contributed by atoms with van der Waals surface area (Å²) in [6, 6.07) is 10.5.